The molecule has 15 heavy (non-hydrogen) atoms. The SMILES string of the molecule is CC(C)(C(=O)O)S(=O)Cc1cc(Br)cs1. The predicted molar refractivity (Wildman–Crippen MR) is 65.6 cm³/mol. The molecule has 0 saturated heterocycles. The average molecular weight is 311 g/mol. The number of thiophene rings is 1. The second-order valence-electron chi connectivity index (χ2n) is 3.54. The fraction of sp³-hybridized carbons (Fsp3) is 0.444. The van der Waals surface area contributed by atoms with Crippen LogP contribution in [0, 0.1) is 0 Å². The van der Waals surface area contributed by atoms with E-state index in [4.69, 9.17) is 5.11 Å². The van der Waals surface area contributed by atoms with Crippen molar-refractivity contribution in [3.05, 3.63) is 20.8 Å². The number of carbonyl (C=O) groups is 1. The maximum absolute atomic E-state index is 11.8. The van der Waals surface area contributed by atoms with E-state index in [0.717, 1.165) is 9.35 Å². The summed E-state index contributed by atoms with van der Waals surface area (Å²) in [5.41, 5.74) is 0. The van der Waals surface area contributed by atoms with Gasteiger partial charge in [0.05, 0.1) is 5.75 Å². The Morgan fingerprint density at radius 3 is 2.67 bits per heavy atom. The Hall–Kier alpha value is -0.200. The molecule has 0 aliphatic rings. The minimum Gasteiger partial charge on any atom is -0.480 e. The second-order valence-corrected chi connectivity index (χ2v) is 7.45. The van der Waals surface area contributed by atoms with Crippen LogP contribution in [0.4, 0.5) is 0 Å². The summed E-state index contributed by atoms with van der Waals surface area (Å²) in [6.07, 6.45) is 0. The number of hydrogen-bond acceptors (Lipinski definition) is 3. The molecular formula is C9H11BrO3S2. The zero-order valence-electron chi connectivity index (χ0n) is 8.32. The van der Waals surface area contributed by atoms with Gasteiger partial charge in [-0.25, -0.2) is 0 Å². The van der Waals surface area contributed by atoms with Gasteiger partial charge in [0.25, 0.3) is 0 Å². The lowest BCUT2D eigenvalue weighted by molar-refractivity contribution is -0.139. The Kier molecular flexibility index (Phi) is 4.08. The van der Waals surface area contributed by atoms with Gasteiger partial charge in [-0.2, -0.15) is 0 Å². The quantitative estimate of drug-likeness (QED) is 0.930. The summed E-state index contributed by atoms with van der Waals surface area (Å²) in [6, 6.07) is 1.86. The van der Waals surface area contributed by atoms with Gasteiger partial charge >= 0.3 is 5.97 Å². The Bertz CT molecular complexity index is 398. The lowest BCUT2D eigenvalue weighted by atomic mass is 10.2. The van der Waals surface area contributed by atoms with Gasteiger partial charge in [-0.05, 0) is 35.8 Å². The number of aliphatic carboxylic acids is 1. The molecule has 0 saturated carbocycles. The Labute approximate surface area is 103 Å². The molecule has 0 aliphatic heterocycles. The van der Waals surface area contributed by atoms with Crippen LogP contribution in [-0.4, -0.2) is 20.0 Å². The van der Waals surface area contributed by atoms with Crippen LogP contribution in [-0.2, 0) is 21.3 Å². The van der Waals surface area contributed by atoms with Crippen molar-refractivity contribution < 1.29 is 14.1 Å². The van der Waals surface area contributed by atoms with Crippen molar-refractivity contribution in [3.63, 3.8) is 0 Å². The highest BCUT2D eigenvalue weighted by atomic mass is 79.9. The molecular weight excluding hydrogens is 300 g/mol. The Balaban J connectivity index is 2.76. The van der Waals surface area contributed by atoms with E-state index in [1.165, 1.54) is 25.2 Å². The van der Waals surface area contributed by atoms with Crippen molar-refractivity contribution in [1.29, 1.82) is 0 Å². The number of halogens is 1. The molecule has 0 spiro atoms. The third kappa shape index (κ3) is 3.12. The van der Waals surface area contributed by atoms with Crippen molar-refractivity contribution in [1.82, 2.24) is 0 Å². The van der Waals surface area contributed by atoms with Crippen LogP contribution >= 0.6 is 27.3 Å². The van der Waals surface area contributed by atoms with Crippen LogP contribution in [0.2, 0.25) is 0 Å². The van der Waals surface area contributed by atoms with E-state index in [2.05, 4.69) is 15.9 Å². The summed E-state index contributed by atoms with van der Waals surface area (Å²) in [5, 5.41) is 10.8. The summed E-state index contributed by atoms with van der Waals surface area (Å²) in [4.78, 5) is 11.8. The van der Waals surface area contributed by atoms with Gasteiger partial charge < -0.3 is 5.11 Å². The van der Waals surface area contributed by atoms with E-state index in [-0.39, 0.29) is 5.75 Å². The molecule has 0 fully saturated rings. The smallest absolute Gasteiger partial charge is 0.321 e. The Morgan fingerprint density at radius 2 is 2.27 bits per heavy atom. The van der Waals surface area contributed by atoms with Crippen LogP contribution in [0.15, 0.2) is 15.9 Å². The first-order chi connectivity index (χ1) is 6.84. The van der Waals surface area contributed by atoms with Gasteiger partial charge in [0, 0.05) is 25.5 Å². The van der Waals surface area contributed by atoms with E-state index < -0.39 is 21.5 Å². The van der Waals surface area contributed by atoms with Gasteiger partial charge in [-0.1, -0.05) is 0 Å². The first-order valence-corrected chi connectivity index (χ1v) is 7.18. The maximum atomic E-state index is 11.8. The van der Waals surface area contributed by atoms with Crippen molar-refractivity contribution in [2.75, 3.05) is 0 Å². The number of carboxylic acids is 1. The van der Waals surface area contributed by atoms with Crippen LogP contribution in [0.3, 0.4) is 0 Å². The van der Waals surface area contributed by atoms with Gasteiger partial charge in [-0.15, -0.1) is 11.3 Å². The molecule has 0 amide bonds. The van der Waals surface area contributed by atoms with E-state index in [1.54, 1.807) is 0 Å². The predicted octanol–water partition coefficient (Wildman–Crippen LogP) is 2.62. The molecule has 0 radical (unpaired) electrons. The summed E-state index contributed by atoms with van der Waals surface area (Å²) >= 11 is 4.77. The third-order valence-corrected chi connectivity index (χ3v) is 5.75. The van der Waals surface area contributed by atoms with Gasteiger partial charge in [0.15, 0.2) is 0 Å². The lowest BCUT2D eigenvalue weighted by Gasteiger charge is -2.17. The normalized spacial score (nSPS) is 13.8. The molecule has 0 bridgehead atoms. The standard InChI is InChI=1S/C9H11BrO3S2/c1-9(2,8(11)12)15(13)5-7-3-6(10)4-14-7/h3-4H,5H2,1-2H3,(H,11,12). The first-order valence-electron chi connectivity index (χ1n) is 4.19. The van der Waals surface area contributed by atoms with E-state index >= 15 is 0 Å². The minimum absolute atomic E-state index is 0.287. The van der Waals surface area contributed by atoms with Gasteiger partial charge in [0.1, 0.15) is 4.75 Å². The molecule has 0 aliphatic carbocycles. The fourth-order valence-electron chi connectivity index (χ4n) is 0.837. The van der Waals surface area contributed by atoms with Crippen LogP contribution < -0.4 is 0 Å². The van der Waals surface area contributed by atoms with E-state index in [0.29, 0.717) is 0 Å². The molecule has 1 aromatic rings. The van der Waals surface area contributed by atoms with E-state index in [9.17, 15) is 9.00 Å². The third-order valence-electron chi connectivity index (χ3n) is 1.98. The van der Waals surface area contributed by atoms with E-state index in [1.807, 2.05) is 11.4 Å². The van der Waals surface area contributed by atoms with Crippen molar-refractivity contribution >= 4 is 44.0 Å². The zero-order valence-corrected chi connectivity index (χ0v) is 11.5. The molecule has 84 valence electrons. The molecule has 1 heterocycles. The highest BCUT2D eigenvalue weighted by Crippen LogP contribution is 2.24. The fourth-order valence-corrected chi connectivity index (χ4v) is 3.56. The average Bonchev–Trinajstić information content (AvgIpc) is 2.50. The van der Waals surface area contributed by atoms with Crippen LogP contribution in [0.5, 0.6) is 0 Å². The van der Waals surface area contributed by atoms with Gasteiger partial charge in [0.2, 0.25) is 0 Å². The van der Waals surface area contributed by atoms with Crippen molar-refractivity contribution in [3.8, 4) is 0 Å². The zero-order chi connectivity index (χ0) is 11.6. The highest BCUT2D eigenvalue weighted by molar-refractivity contribution is 9.10. The molecule has 0 aromatic carbocycles. The maximum Gasteiger partial charge on any atom is 0.321 e. The second kappa shape index (κ2) is 4.76. The summed E-state index contributed by atoms with van der Waals surface area (Å²) < 4.78 is 11.5. The summed E-state index contributed by atoms with van der Waals surface area (Å²) in [7, 11) is -1.41. The molecule has 1 N–H and O–H groups in total. The summed E-state index contributed by atoms with van der Waals surface area (Å²) in [6.45, 7) is 2.96. The molecule has 3 nitrogen and oxygen atoms in total. The molecule has 1 atom stereocenters. The molecule has 1 aromatic heterocycles. The number of hydrogen-bond donors (Lipinski definition) is 1. The largest absolute Gasteiger partial charge is 0.480 e. The minimum atomic E-state index is -1.41. The lowest BCUT2D eigenvalue weighted by Crippen LogP contribution is -2.36. The molecule has 6 heteroatoms. The number of carboxylic acid groups (broad SMARTS) is 1. The summed E-state index contributed by atoms with van der Waals surface area (Å²) in [5.74, 6) is -0.744. The van der Waals surface area contributed by atoms with Crippen LogP contribution in [0.1, 0.15) is 18.7 Å². The van der Waals surface area contributed by atoms with Gasteiger partial charge in [-0.3, -0.25) is 9.00 Å². The number of rotatable bonds is 4. The van der Waals surface area contributed by atoms with Crippen LogP contribution in [0.25, 0.3) is 0 Å². The van der Waals surface area contributed by atoms with Crippen molar-refractivity contribution in [2.24, 2.45) is 0 Å². The first kappa shape index (κ1) is 12.9. The Morgan fingerprint density at radius 1 is 1.67 bits per heavy atom. The topological polar surface area (TPSA) is 54.4 Å². The van der Waals surface area contributed by atoms with Crippen molar-refractivity contribution in [2.45, 2.75) is 24.3 Å². The monoisotopic (exact) mass is 310 g/mol. The molecule has 1 rings (SSSR count). The highest BCUT2D eigenvalue weighted by Gasteiger charge is 2.34. The molecule has 1 unspecified atom stereocenters.